The first-order valence-electron chi connectivity index (χ1n) is 9.50. The summed E-state index contributed by atoms with van der Waals surface area (Å²) in [5, 5.41) is 0. The summed E-state index contributed by atoms with van der Waals surface area (Å²) in [4.78, 5) is 17.6. The predicted octanol–water partition coefficient (Wildman–Crippen LogP) is 4.32. The van der Waals surface area contributed by atoms with Crippen LogP contribution >= 0.6 is 0 Å². The number of halogens is 3. The standard InChI is InChI=1S/C20H21F3N2O2/c1-10-15-7-12-8-16-14(24-17(27-16)11-3-4-11)9-13(12)19(10,2)5-6-25(15)18(26)20(21,22)23/h8-11,15H,3-7H2,1-2H3/t10?,15-,19-/m1/s1. The molecule has 1 aromatic carbocycles. The number of nitrogens with zero attached hydrogens (tertiary/aromatic N) is 2. The lowest BCUT2D eigenvalue weighted by Gasteiger charge is -2.54. The van der Waals surface area contributed by atoms with Gasteiger partial charge in [0.1, 0.15) is 5.52 Å². The van der Waals surface area contributed by atoms with Gasteiger partial charge in [0, 0.05) is 18.5 Å². The Morgan fingerprint density at radius 2 is 2.07 bits per heavy atom. The molecule has 2 fully saturated rings. The van der Waals surface area contributed by atoms with Gasteiger partial charge in [0.2, 0.25) is 0 Å². The molecule has 1 unspecified atom stereocenters. The number of piperidine rings is 1. The lowest BCUT2D eigenvalue weighted by Crippen LogP contribution is -2.61. The van der Waals surface area contributed by atoms with E-state index in [1.807, 2.05) is 13.0 Å². The molecule has 1 amide bonds. The molecule has 0 N–H and O–H groups in total. The van der Waals surface area contributed by atoms with Gasteiger partial charge in [0.15, 0.2) is 11.5 Å². The second kappa shape index (κ2) is 5.26. The van der Waals surface area contributed by atoms with Gasteiger partial charge in [0.05, 0.1) is 0 Å². The van der Waals surface area contributed by atoms with Crippen molar-refractivity contribution in [3.63, 3.8) is 0 Å². The van der Waals surface area contributed by atoms with Crippen LogP contribution in [0.4, 0.5) is 13.2 Å². The fraction of sp³-hybridized carbons (Fsp3) is 0.600. The van der Waals surface area contributed by atoms with Gasteiger partial charge in [-0.25, -0.2) is 4.98 Å². The summed E-state index contributed by atoms with van der Waals surface area (Å²) in [7, 11) is 0. The maximum absolute atomic E-state index is 13.1. The highest BCUT2D eigenvalue weighted by atomic mass is 19.4. The van der Waals surface area contributed by atoms with Crippen LogP contribution in [0.5, 0.6) is 0 Å². The number of hydrogen-bond acceptors (Lipinski definition) is 3. The summed E-state index contributed by atoms with van der Waals surface area (Å²) in [5.74, 6) is -0.607. The molecule has 1 aromatic heterocycles. The molecule has 0 radical (unpaired) electrons. The summed E-state index contributed by atoms with van der Waals surface area (Å²) < 4.78 is 45.1. The minimum absolute atomic E-state index is 0.0581. The van der Waals surface area contributed by atoms with Crippen molar-refractivity contribution in [2.24, 2.45) is 5.92 Å². The monoisotopic (exact) mass is 378 g/mol. The Balaban J connectivity index is 1.59. The third-order valence-corrected chi connectivity index (χ3v) is 6.96. The number of fused-ring (bicyclic) bond motifs is 5. The first kappa shape index (κ1) is 17.1. The summed E-state index contributed by atoms with van der Waals surface area (Å²) in [5.41, 5.74) is 3.38. The first-order valence-corrected chi connectivity index (χ1v) is 9.50. The van der Waals surface area contributed by atoms with Crippen LogP contribution in [0.25, 0.3) is 11.1 Å². The van der Waals surface area contributed by atoms with Crippen LogP contribution < -0.4 is 0 Å². The molecule has 144 valence electrons. The van der Waals surface area contributed by atoms with Crippen LogP contribution in [-0.2, 0) is 16.6 Å². The molecule has 2 heterocycles. The number of benzene rings is 1. The number of carbonyl (C=O) groups is 1. The van der Waals surface area contributed by atoms with Gasteiger partial charge in [-0.1, -0.05) is 13.8 Å². The van der Waals surface area contributed by atoms with Gasteiger partial charge in [0.25, 0.3) is 0 Å². The molecule has 1 aliphatic heterocycles. The summed E-state index contributed by atoms with van der Waals surface area (Å²) >= 11 is 0. The van der Waals surface area contributed by atoms with E-state index in [4.69, 9.17) is 4.42 Å². The zero-order chi connectivity index (χ0) is 19.1. The molecule has 2 aromatic rings. The van der Waals surface area contributed by atoms with Crippen molar-refractivity contribution < 1.29 is 22.4 Å². The van der Waals surface area contributed by atoms with E-state index in [1.165, 1.54) is 0 Å². The molecule has 0 spiro atoms. The average Bonchev–Trinajstić information content (AvgIpc) is 3.36. The SMILES string of the molecule is CC1[C@H]2Cc3cc4oc(C5CC5)nc4cc3[C@]1(C)CCN2C(=O)C(F)(F)F. The highest BCUT2D eigenvalue weighted by Crippen LogP contribution is 2.50. The van der Waals surface area contributed by atoms with E-state index in [-0.39, 0.29) is 17.9 Å². The Kier molecular flexibility index (Phi) is 3.33. The predicted molar refractivity (Wildman–Crippen MR) is 92.4 cm³/mol. The number of carbonyl (C=O) groups excluding carboxylic acids is 1. The lowest BCUT2D eigenvalue weighted by atomic mass is 9.59. The van der Waals surface area contributed by atoms with Gasteiger partial charge in [-0.05, 0) is 60.3 Å². The van der Waals surface area contributed by atoms with Gasteiger partial charge < -0.3 is 9.32 Å². The van der Waals surface area contributed by atoms with Crippen LogP contribution in [0.1, 0.15) is 56.0 Å². The molecule has 2 aliphatic carbocycles. The third-order valence-electron chi connectivity index (χ3n) is 6.96. The van der Waals surface area contributed by atoms with Crippen molar-refractivity contribution in [2.45, 2.75) is 63.1 Å². The van der Waals surface area contributed by atoms with Gasteiger partial charge in [-0.3, -0.25) is 4.79 Å². The smallest absolute Gasteiger partial charge is 0.440 e. The fourth-order valence-electron chi connectivity index (χ4n) is 4.99. The zero-order valence-corrected chi connectivity index (χ0v) is 15.3. The van der Waals surface area contributed by atoms with Crippen molar-refractivity contribution in [3.05, 3.63) is 29.2 Å². The number of rotatable bonds is 1. The van der Waals surface area contributed by atoms with Crippen LogP contribution in [0, 0.1) is 5.92 Å². The van der Waals surface area contributed by atoms with Crippen LogP contribution in [0.3, 0.4) is 0 Å². The lowest BCUT2D eigenvalue weighted by molar-refractivity contribution is -0.192. The normalized spacial score (nSPS) is 30.5. The van der Waals surface area contributed by atoms with Crippen molar-refractivity contribution in [1.82, 2.24) is 9.88 Å². The summed E-state index contributed by atoms with van der Waals surface area (Å²) in [6.07, 6.45) is -1.71. The Hall–Kier alpha value is -2.05. The molecule has 3 atom stereocenters. The minimum atomic E-state index is -4.83. The van der Waals surface area contributed by atoms with Gasteiger partial charge in [-0.2, -0.15) is 13.2 Å². The highest BCUT2D eigenvalue weighted by Gasteiger charge is 2.54. The second-order valence-corrected chi connectivity index (χ2v) is 8.53. The molecule has 5 rings (SSSR count). The molecule has 1 saturated heterocycles. The molecule has 7 heteroatoms. The zero-order valence-electron chi connectivity index (χ0n) is 15.3. The van der Waals surface area contributed by atoms with Crippen molar-refractivity contribution in [1.29, 1.82) is 0 Å². The molecule has 27 heavy (non-hydrogen) atoms. The molecular weight excluding hydrogens is 357 g/mol. The van der Waals surface area contributed by atoms with E-state index in [1.54, 1.807) is 0 Å². The highest BCUT2D eigenvalue weighted by molar-refractivity contribution is 5.83. The number of aromatic nitrogens is 1. The van der Waals surface area contributed by atoms with E-state index in [0.717, 1.165) is 40.3 Å². The van der Waals surface area contributed by atoms with E-state index in [9.17, 15) is 18.0 Å². The summed E-state index contributed by atoms with van der Waals surface area (Å²) in [6.45, 7) is 4.20. The number of amides is 1. The molecule has 4 nitrogen and oxygen atoms in total. The number of likely N-dealkylation sites (tertiary alicyclic amines) is 1. The Morgan fingerprint density at radius 3 is 2.74 bits per heavy atom. The molecule has 1 saturated carbocycles. The summed E-state index contributed by atoms with van der Waals surface area (Å²) in [6, 6.07) is 3.55. The van der Waals surface area contributed by atoms with Crippen molar-refractivity contribution in [2.75, 3.05) is 6.54 Å². The van der Waals surface area contributed by atoms with E-state index < -0.39 is 18.1 Å². The maximum Gasteiger partial charge on any atom is 0.471 e. The van der Waals surface area contributed by atoms with E-state index >= 15 is 0 Å². The minimum Gasteiger partial charge on any atom is -0.440 e. The van der Waals surface area contributed by atoms with Crippen LogP contribution in [0.15, 0.2) is 16.5 Å². The van der Waals surface area contributed by atoms with Crippen molar-refractivity contribution >= 4 is 17.0 Å². The maximum atomic E-state index is 13.1. The molecule has 2 bridgehead atoms. The molecular formula is C20H21F3N2O2. The Morgan fingerprint density at radius 1 is 1.33 bits per heavy atom. The van der Waals surface area contributed by atoms with Gasteiger partial charge in [-0.15, -0.1) is 0 Å². The quantitative estimate of drug-likeness (QED) is 0.743. The second-order valence-electron chi connectivity index (χ2n) is 8.53. The van der Waals surface area contributed by atoms with E-state index in [2.05, 4.69) is 18.0 Å². The topological polar surface area (TPSA) is 46.3 Å². The number of hydrogen-bond donors (Lipinski definition) is 0. The van der Waals surface area contributed by atoms with Crippen LogP contribution in [0.2, 0.25) is 0 Å². The van der Waals surface area contributed by atoms with Gasteiger partial charge >= 0.3 is 12.1 Å². The van der Waals surface area contributed by atoms with E-state index in [0.29, 0.717) is 24.3 Å². The average molecular weight is 378 g/mol. The Bertz CT molecular complexity index is 947. The van der Waals surface area contributed by atoms with Crippen LogP contribution in [-0.4, -0.2) is 34.6 Å². The Labute approximate surface area is 154 Å². The molecule has 3 aliphatic rings. The first-order chi connectivity index (χ1) is 12.7. The largest absolute Gasteiger partial charge is 0.471 e. The number of alkyl halides is 3. The van der Waals surface area contributed by atoms with Crippen molar-refractivity contribution in [3.8, 4) is 0 Å². The number of oxazole rings is 1. The third kappa shape index (κ3) is 2.43. The fourth-order valence-corrected chi connectivity index (χ4v) is 4.99.